The van der Waals surface area contributed by atoms with Crippen LogP contribution in [0, 0.1) is 11.8 Å². The molecule has 4 atom stereocenters. The van der Waals surface area contributed by atoms with Crippen molar-refractivity contribution in [1.29, 1.82) is 0 Å². The second-order valence-electron chi connectivity index (χ2n) is 6.67. The monoisotopic (exact) mass is 288 g/mol. The lowest BCUT2D eigenvalue weighted by Gasteiger charge is -2.30. The Balaban J connectivity index is 1.74. The third kappa shape index (κ3) is 2.95. The van der Waals surface area contributed by atoms with Gasteiger partial charge in [0.05, 0.1) is 7.11 Å². The van der Waals surface area contributed by atoms with Crippen molar-refractivity contribution in [2.45, 2.75) is 44.7 Å². The van der Waals surface area contributed by atoms with Gasteiger partial charge >= 0.3 is 0 Å². The van der Waals surface area contributed by atoms with Gasteiger partial charge in [-0.1, -0.05) is 25.5 Å². The van der Waals surface area contributed by atoms with Crippen LogP contribution in [0.4, 0.5) is 0 Å². The molecule has 3 rings (SSSR count). The highest BCUT2D eigenvalue weighted by Gasteiger charge is 2.40. The SMILES string of the molecule is CCC(c1ccc(OC)cc1)N1CC2CCCC(N)C2C1. The highest BCUT2D eigenvalue weighted by atomic mass is 16.5. The molecule has 0 radical (unpaired) electrons. The van der Waals surface area contributed by atoms with E-state index >= 15 is 0 Å². The highest BCUT2D eigenvalue weighted by molar-refractivity contribution is 5.29. The number of hydrogen-bond donors (Lipinski definition) is 1. The molecule has 0 amide bonds. The van der Waals surface area contributed by atoms with E-state index in [0.717, 1.165) is 18.1 Å². The summed E-state index contributed by atoms with van der Waals surface area (Å²) in [5, 5.41) is 0. The normalized spacial score (nSPS) is 30.9. The fourth-order valence-corrected chi connectivity index (χ4v) is 4.34. The first-order valence-corrected chi connectivity index (χ1v) is 8.36. The van der Waals surface area contributed by atoms with Crippen molar-refractivity contribution in [3.8, 4) is 5.75 Å². The van der Waals surface area contributed by atoms with E-state index in [1.54, 1.807) is 7.11 Å². The maximum Gasteiger partial charge on any atom is 0.118 e. The van der Waals surface area contributed by atoms with Gasteiger partial charge in [0.2, 0.25) is 0 Å². The molecule has 3 heteroatoms. The minimum atomic E-state index is 0.419. The smallest absolute Gasteiger partial charge is 0.118 e. The highest BCUT2D eigenvalue weighted by Crippen LogP contribution is 2.40. The van der Waals surface area contributed by atoms with Gasteiger partial charge < -0.3 is 10.5 Å². The Bertz CT molecular complexity index is 459. The second-order valence-corrected chi connectivity index (χ2v) is 6.67. The molecule has 1 aliphatic heterocycles. The summed E-state index contributed by atoms with van der Waals surface area (Å²) in [6.45, 7) is 4.69. The zero-order chi connectivity index (χ0) is 14.8. The number of fused-ring (bicyclic) bond motifs is 1. The van der Waals surface area contributed by atoms with E-state index in [-0.39, 0.29) is 0 Å². The lowest BCUT2D eigenvalue weighted by atomic mass is 9.78. The van der Waals surface area contributed by atoms with Gasteiger partial charge in [-0.05, 0) is 48.8 Å². The van der Waals surface area contributed by atoms with E-state index in [1.807, 2.05) is 0 Å². The Hall–Kier alpha value is -1.06. The van der Waals surface area contributed by atoms with Crippen LogP contribution in [0.1, 0.15) is 44.2 Å². The molecule has 0 spiro atoms. The molecule has 0 aromatic heterocycles. The van der Waals surface area contributed by atoms with Crippen LogP contribution in [0.15, 0.2) is 24.3 Å². The first kappa shape index (κ1) is 14.9. The summed E-state index contributed by atoms with van der Waals surface area (Å²) in [6.07, 6.45) is 5.05. The molecule has 2 N–H and O–H groups in total. The zero-order valence-electron chi connectivity index (χ0n) is 13.3. The third-order valence-electron chi connectivity index (χ3n) is 5.51. The maximum atomic E-state index is 6.36. The van der Waals surface area contributed by atoms with Crippen molar-refractivity contribution in [2.24, 2.45) is 17.6 Å². The molecular formula is C18H28N2O. The molecule has 1 aromatic carbocycles. The Kier molecular flexibility index (Phi) is 4.51. The summed E-state index contributed by atoms with van der Waals surface area (Å²) in [4.78, 5) is 2.67. The fourth-order valence-electron chi connectivity index (χ4n) is 4.34. The summed E-state index contributed by atoms with van der Waals surface area (Å²) in [5.41, 5.74) is 7.76. The fraction of sp³-hybridized carbons (Fsp3) is 0.667. The summed E-state index contributed by atoms with van der Waals surface area (Å²) in [6, 6.07) is 9.53. The molecule has 1 saturated heterocycles. The summed E-state index contributed by atoms with van der Waals surface area (Å²) in [5.74, 6) is 2.47. The van der Waals surface area contributed by atoms with Crippen LogP contribution in [0.5, 0.6) is 5.75 Å². The standard InChI is InChI=1S/C18H28N2O/c1-3-18(13-7-9-15(21-2)10-8-13)20-11-14-5-4-6-17(19)16(14)12-20/h7-10,14,16-18H,3-6,11-12,19H2,1-2H3. The van der Waals surface area contributed by atoms with E-state index < -0.39 is 0 Å². The van der Waals surface area contributed by atoms with Crippen LogP contribution in [-0.4, -0.2) is 31.1 Å². The average molecular weight is 288 g/mol. The number of ether oxygens (including phenoxy) is 1. The number of likely N-dealkylation sites (tertiary alicyclic amines) is 1. The van der Waals surface area contributed by atoms with E-state index in [9.17, 15) is 0 Å². The van der Waals surface area contributed by atoms with Gasteiger partial charge in [-0.3, -0.25) is 4.90 Å². The third-order valence-corrected chi connectivity index (χ3v) is 5.51. The number of rotatable bonds is 4. The van der Waals surface area contributed by atoms with Crippen molar-refractivity contribution in [3.63, 3.8) is 0 Å². The first-order chi connectivity index (χ1) is 10.2. The zero-order valence-corrected chi connectivity index (χ0v) is 13.3. The molecule has 1 heterocycles. The van der Waals surface area contributed by atoms with E-state index in [2.05, 4.69) is 36.1 Å². The lowest BCUT2D eigenvalue weighted by Crippen LogP contribution is -2.38. The Morgan fingerprint density at radius 1 is 1.24 bits per heavy atom. The number of nitrogens with zero attached hydrogens (tertiary/aromatic N) is 1. The summed E-state index contributed by atoms with van der Waals surface area (Å²) >= 11 is 0. The average Bonchev–Trinajstić information content (AvgIpc) is 2.94. The van der Waals surface area contributed by atoms with Crippen LogP contribution in [0.25, 0.3) is 0 Å². The van der Waals surface area contributed by atoms with Crippen molar-refractivity contribution in [1.82, 2.24) is 4.90 Å². The quantitative estimate of drug-likeness (QED) is 0.924. The van der Waals surface area contributed by atoms with Gasteiger partial charge in [0, 0.05) is 25.2 Å². The molecule has 2 aliphatic rings. The molecule has 3 nitrogen and oxygen atoms in total. The van der Waals surface area contributed by atoms with Crippen molar-refractivity contribution in [3.05, 3.63) is 29.8 Å². The van der Waals surface area contributed by atoms with Gasteiger partial charge in [-0.2, -0.15) is 0 Å². The van der Waals surface area contributed by atoms with Crippen molar-refractivity contribution >= 4 is 0 Å². The molecule has 4 unspecified atom stereocenters. The summed E-state index contributed by atoms with van der Waals surface area (Å²) in [7, 11) is 1.72. The number of benzene rings is 1. The Morgan fingerprint density at radius 3 is 2.62 bits per heavy atom. The molecule has 1 saturated carbocycles. The first-order valence-electron chi connectivity index (χ1n) is 8.36. The molecular weight excluding hydrogens is 260 g/mol. The molecule has 1 aliphatic carbocycles. The van der Waals surface area contributed by atoms with E-state index in [4.69, 9.17) is 10.5 Å². The van der Waals surface area contributed by atoms with Crippen LogP contribution >= 0.6 is 0 Å². The topological polar surface area (TPSA) is 38.5 Å². The molecule has 0 bridgehead atoms. The van der Waals surface area contributed by atoms with Crippen LogP contribution < -0.4 is 10.5 Å². The number of nitrogens with two attached hydrogens (primary N) is 1. The van der Waals surface area contributed by atoms with Gasteiger partial charge in [0.25, 0.3) is 0 Å². The lowest BCUT2D eigenvalue weighted by molar-refractivity contribution is 0.225. The second kappa shape index (κ2) is 6.37. The van der Waals surface area contributed by atoms with Crippen LogP contribution in [0.2, 0.25) is 0 Å². The minimum absolute atomic E-state index is 0.419. The van der Waals surface area contributed by atoms with Crippen LogP contribution in [-0.2, 0) is 0 Å². The van der Waals surface area contributed by atoms with Crippen molar-refractivity contribution < 1.29 is 4.74 Å². The number of methoxy groups -OCH3 is 1. The molecule has 116 valence electrons. The Morgan fingerprint density at radius 2 is 2.00 bits per heavy atom. The Labute approximate surface area is 128 Å². The predicted octanol–water partition coefficient (Wildman–Crippen LogP) is 3.21. The van der Waals surface area contributed by atoms with E-state index in [0.29, 0.717) is 18.0 Å². The van der Waals surface area contributed by atoms with Gasteiger partial charge in [0.15, 0.2) is 0 Å². The van der Waals surface area contributed by atoms with Crippen molar-refractivity contribution in [2.75, 3.05) is 20.2 Å². The maximum absolute atomic E-state index is 6.36. The van der Waals surface area contributed by atoms with Gasteiger partial charge in [0.1, 0.15) is 5.75 Å². The van der Waals surface area contributed by atoms with Gasteiger partial charge in [-0.15, -0.1) is 0 Å². The number of hydrogen-bond acceptors (Lipinski definition) is 3. The molecule has 2 fully saturated rings. The van der Waals surface area contributed by atoms with Crippen LogP contribution in [0.3, 0.4) is 0 Å². The minimum Gasteiger partial charge on any atom is -0.497 e. The van der Waals surface area contributed by atoms with E-state index in [1.165, 1.54) is 37.9 Å². The molecule has 1 aromatic rings. The summed E-state index contributed by atoms with van der Waals surface area (Å²) < 4.78 is 5.27. The molecule has 21 heavy (non-hydrogen) atoms. The van der Waals surface area contributed by atoms with Gasteiger partial charge in [-0.25, -0.2) is 0 Å². The predicted molar refractivity (Wildman–Crippen MR) is 86.4 cm³/mol. The largest absolute Gasteiger partial charge is 0.497 e.